The number of thiazole rings is 1. The second-order valence-electron chi connectivity index (χ2n) is 7.24. The highest BCUT2D eigenvalue weighted by atomic mass is 32.1. The first-order chi connectivity index (χ1) is 13.1. The fraction of sp³-hybridized carbons (Fsp3) is 0.474. The summed E-state index contributed by atoms with van der Waals surface area (Å²) in [5.41, 5.74) is 3.97. The van der Waals surface area contributed by atoms with Crippen molar-refractivity contribution in [2.45, 2.75) is 32.2 Å². The van der Waals surface area contributed by atoms with Crippen molar-refractivity contribution in [3.63, 3.8) is 0 Å². The number of nitrogens with zero attached hydrogens (tertiary/aromatic N) is 7. The van der Waals surface area contributed by atoms with E-state index in [4.69, 9.17) is 4.98 Å². The van der Waals surface area contributed by atoms with E-state index in [2.05, 4.69) is 42.1 Å². The molecule has 0 bridgehead atoms. The van der Waals surface area contributed by atoms with Gasteiger partial charge in [-0.2, -0.15) is 4.98 Å². The summed E-state index contributed by atoms with van der Waals surface area (Å²) in [6, 6.07) is 2.08. The Hall–Kier alpha value is -2.48. The van der Waals surface area contributed by atoms with E-state index in [1.54, 1.807) is 11.3 Å². The van der Waals surface area contributed by atoms with Crippen molar-refractivity contribution in [2.24, 2.45) is 0 Å². The number of anilines is 2. The molecule has 0 saturated carbocycles. The standard InChI is InChI=1S/C19H25N7S/c1-14-9-17(23-19(22-14)24(2)3)25-7-4-5-15(10-25)18-20-6-8-26(18)11-16-12-27-13-21-16/h6,8-9,12-13,15H,4-5,7,10-11H2,1-3H3/t15-/m0/s1. The number of rotatable bonds is 5. The summed E-state index contributed by atoms with van der Waals surface area (Å²) in [6.45, 7) is 4.76. The fourth-order valence-electron chi connectivity index (χ4n) is 3.60. The Morgan fingerprint density at radius 2 is 2.15 bits per heavy atom. The zero-order chi connectivity index (χ0) is 18.8. The van der Waals surface area contributed by atoms with Crippen LogP contribution in [0, 0.1) is 6.92 Å². The molecule has 7 nitrogen and oxygen atoms in total. The lowest BCUT2D eigenvalue weighted by atomic mass is 9.97. The van der Waals surface area contributed by atoms with Crippen LogP contribution in [0.15, 0.2) is 29.4 Å². The molecule has 1 aliphatic rings. The largest absolute Gasteiger partial charge is 0.356 e. The summed E-state index contributed by atoms with van der Waals surface area (Å²) in [6.07, 6.45) is 6.25. The van der Waals surface area contributed by atoms with Gasteiger partial charge in [0.05, 0.1) is 17.7 Å². The molecule has 1 aliphatic heterocycles. The normalized spacial score (nSPS) is 17.3. The van der Waals surface area contributed by atoms with E-state index in [1.807, 2.05) is 37.6 Å². The highest BCUT2D eigenvalue weighted by molar-refractivity contribution is 7.07. The molecule has 4 heterocycles. The van der Waals surface area contributed by atoms with E-state index >= 15 is 0 Å². The number of aryl methyl sites for hydroxylation is 1. The van der Waals surface area contributed by atoms with Crippen LogP contribution in [0.2, 0.25) is 0 Å². The Morgan fingerprint density at radius 3 is 2.93 bits per heavy atom. The molecule has 0 aromatic carbocycles. The first-order valence-corrected chi connectivity index (χ1v) is 10.2. The third-order valence-corrected chi connectivity index (χ3v) is 5.54. The first kappa shape index (κ1) is 17.9. The van der Waals surface area contributed by atoms with Crippen LogP contribution < -0.4 is 9.80 Å². The van der Waals surface area contributed by atoms with E-state index in [0.717, 1.165) is 61.5 Å². The molecule has 4 rings (SSSR count). The van der Waals surface area contributed by atoms with Crippen molar-refractivity contribution < 1.29 is 0 Å². The summed E-state index contributed by atoms with van der Waals surface area (Å²) in [5.74, 6) is 3.31. The van der Waals surface area contributed by atoms with Gasteiger partial charge in [0, 0.05) is 62.6 Å². The van der Waals surface area contributed by atoms with E-state index in [1.165, 1.54) is 0 Å². The van der Waals surface area contributed by atoms with Crippen LogP contribution in [0.4, 0.5) is 11.8 Å². The van der Waals surface area contributed by atoms with Gasteiger partial charge in [-0.15, -0.1) is 11.3 Å². The van der Waals surface area contributed by atoms with Crippen LogP contribution in [0.1, 0.15) is 36.0 Å². The summed E-state index contributed by atoms with van der Waals surface area (Å²) >= 11 is 1.63. The Kier molecular flexibility index (Phi) is 5.07. The number of aromatic nitrogens is 5. The topological polar surface area (TPSA) is 63.0 Å². The summed E-state index contributed by atoms with van der Waals surface area (Å²) in [4.78, 5) is 22.7. The second-order valence-corrected chi connectivity index (χ2v) is 7.96. The van der Waals surface area contributed by atoms with Crippen LogP contribution >= 0.6 is 11.3 Å². The monoisotopic (exact) mass is 383 g/mol. The summed E-state index contributed by atoms with van der Waals surface area (Å²) in [7, 11) is 3.96. The second kappa shape index (κ2) is 7.64. The van der Waals surface area contributed by atoms with E-state index in [0.29, 0.717) is 5.92 Å². The fourth-order valence-corrected chi connectivity index (χ4v) is 4.15. The van der Waals surface area contributed by atoms with E-state index < -0.39 is 0 Å². The predicted molar refractivity (Wildman–Crippen MR) is 109 cm³/mol. The Balaban J connectivity index is 1.55. The molecule has 3 aromatic rings. The van der Waals surface area contributed by atoms with Gasteiger partial charge in [-0.25, -0.2) is 15.0 Å². The lowest BCUT2D eigenvalue weighted by Crippen LogP contribution is -2.36. The number of hydrogen-bond donors (Lipinski definition) is 0. The Bertz CT molecular complexity index is 887. The Morgan fingerprint density at radius 1 is 1.26 bits per heavy atom. The highest BCUT2D eigenvalue weighted by Crippen LogP contribution is 2.29. The molecule has 0 N–H and O–H groups in total. The molecule has 27 heavy (non-hydrogen) atoms. The SMILES string of the molecule is Cc1cc(N2CCC[C@H](c3nccn3Cc3cscn3)C2)nc(N(C)C)n1. The van der Waals surface area contributed by atoms with Crippen LogP contribution in [0.3, 0.4) is 0 Å². The van der Waals surface area contributed by atoms with Gasteiger partial charge in [0.2, 0.25) is 5.95 Å². The van der Waals surface area contributed by atoms with Gasteiger partial charge in [-0.1, -0.05) is 0 Å². The van der Waals surface area contributed by atoms with E-state index in [-0.39, 0.29) is 0 Å². The minimum atomic E-state index is 0.394. The van der Waals surface area contributed by atoms with Crippen molar-refractivity contribution in [3.05, 3.63) is 46.6 Å². The van der Waals surface area contributed by atoms with Gasteiger partial charge >= 0.3 is 0 Å². The maximum Gasteiger partial charge on any atom is 0.226 e. The predicted octanol–water partition coefficient (Wildman–Crippen LogP) is 2.94. The van der Waals surface area contributed by atoms with Crippen molar-refractivity contribution in [1.29, 1.82) is 0 Å². The molecule has 1 fully saturated rings. The zero-order valence-corrected chi connectivity index (χ0v) is 16.9. The summed E-state index contributed by atoms with van der Waals surface area (Å²) < 4.78 is 2.24. The van der Waals surface area contributed by atoms with Crippen molar-refractivity contribution in [2.75, 3.05) is 37.0 Å². The van der Waals surface area contributed by atoms with Gasteiger partial charge in [0.25, 0.3) is 0 Å². The van der Waals surface area contributed by atoms with Gasteiger partial charge in [0.15, 0.2) is 0 Å². The van der Waals surface area contributed by atoms with Crippen molar-refractivity contribution in [3.8, 4) is 0 Å². The molecule has 0 aliphatic carbocycles. The third kappa shape index (κ3) is 3.95. The molecular weight excluding hydrogens is 358 g/mol. The molecule has 3 aromatic heterocycles. The minimum Gasteiger partial charge on any atom is -0.356 e. The lowest BCUT2D eigenvalue weighted by Gasteiger charge is -2.34. The average Bonchev–Trinajstić information content (AvgIpc) is 3.34. The van der Waals surface area contributed by atoms with Gasteiger partial charge in [-0.05, 0) is 19.8 Å². The molecule has 1 atom stereocenters. The smallest absolute Gasteiger partial charge is 0.226 e. The number of piperidine rings is 1. The number of imidazole rings is 1. The molecule has 8 heteroatoms. The molecule has 1 saturated heterocycles. The van der Waals surface area contributed by atoms with E-state index in [9.17, 15) is 0 Å². The quantitative estimate of drug-likeness (QED) is 0.675. The van der Waals surface area contributed by atoms with Crippen LogP contribution in [-0.4, -0.2) is 51.7 Å². The Labute approximate surface area is 163 Å². The molecule has 0 amide bonds. The molecular formula is C19H25N7S. The maximum absolute atomic E-state index is 4.76. The minimum absolute atomic E-state index is 0.394. The van der Waals surface area contributed by atoms with Crippen LogP contribution in [0.25, 0.3) is 0 Å². The molecule has 0 unspecified atom stereocenters. The van der Waals surface area contributed by atoms with Crippen molar-refractivity contribution >= 4 is 23.1 Å². The maximum atomic E-state index is 4.76. The molecule has 0 radical (unpaired) electrons. The molecule has 142 valence electrons. The summed E-state index contributed by atoms with van der Waals surface area (Å²) in [5, 5.41) is 2.10. The van der Waals surface area contributed by atoms with Gasteiger partial charge < -0.3 is 14.4 Å². The zero-order valence-electron chi connectivity index (χ0n) is 16.0. The van der Waals surface area contributed by atoms with Gasteiger partial charge in [-0.3, -0.25) is 0 Å². The van der Waals surface area contributed by atoms with Crippen LogP contribution in [0.5, 0.6) is 0 Å². The van der Waals surface area contributed by atoms with Gasteiger partial charge in [0.1, 0.15) is 11.6 Å². The number of hydrogen-bond acceptors (Lipinski definition) is 7. The third-order valence-electron chi connectivity index (χ3n) is 4.90. The molecule has 0 spiro atoms. The van der Waals surface area contributed by atoms with Crippen molar-refractivity contribution in [1.82, 2.24) is 24.5 Å². The van der Waals surface area contributed by atoms with Crippen LogP contribution in [-0.2, 0) is 6.54 Å². The average molecular weight is 384 g/mol. The highest BCUT2D eigenvalue weighted by Gasteiger charge is 2.26. The lowest BCUT2D eigenvalue weighted by molar-refractivity contribution is 0.473. The first-order valence-electron chi connectivity index (χ1n) is 9.26.